The first-order valence-corrected chi connectivity index (χ1v) is 4.85. The second kappa shape index (κ2) is 4.63. The van der Waals surface area contributed by atoms with Crippen LogP contribution in [0.5, 0.6) is 5.75 Å². The van der Waals surface area contributed by atoms with Gasteiger partial charge in [0.15, 0.2) is 0 Å². The molecule has 0 N–H and O–H groups in total. The Morgan fingerprint density at radius 2 is 2.23 bits per heavy atom. The van der Waals surface area contributed by atoms with Crippen molar-refractivity contribution in [2.45, 2.75) is 0 Å². The first kappa shape index (κ1) is 10.5. The van der Waals surface area contributed by atoms with Crippen molar-refractivity contribution in [1.82, 2.24) is 0 Å². The minimum atomic E-state index is 0.631. The Bertz CT molecular complexity index is 293. The van der Waals surface area contributed by atoms with Crippen LogP contribution in [-0.2, 0) is 0 Å². The Labute approximate surface area is 88.9 Å². The molecule has 1 rings (SSSR count). The highest BCUT2D eigenvalue weighted by Gasteiger charge is 2.05. The molecule has 0 heterocycles. The lowest BCUT2D eigenvalue weighted by Gasteiger charge is -2.17. The van der Waals surface area contributed by atoms with Crippen molar-refractivity contribution in [2.75, 3.05) is 24.9 Å². The third kappa shape index (κ3) is 2.45. The van der Waals surface area contributed by atoms with Gasteiger partial charge in [-0.05, 0) is 12.1 Å². The predicted molar refractivity (Wildman–Crippen MR) is 60.3 cm³/mol. The molecule has 0 fully saturated rings. The van der Waals surface area contributed by atoms with Gasteiger partial charge >= 0.3 is 0 Å². The second-order valence-corrected chi connectivity index (χ2v) is 3.35. The van der Waals surface area contributed by atoms with Gasteiger partial charge in [0.2, 0.25) is 0 Å². The van der Waals surface area contributed by atoms with E-state index < -0.39 is 0 Å². The van der Waals surface area contributed by atoms with Crippen LogP contribution in [0, 0.1) is 0 Å². The Kier molecular flexibility index (Phi) is 3.75. The first-order chi connectivity index (χ1) is 6.19. The highest BCUT2D eigenvalue weighted by molar-refractivity contribution is 7.80. The van der Waals surface area contributed by atoms with Crippen molar-refractivity contribution in [3.8, 4) is 5.75 Å². The van der Waals surface area contributed by atoms with Crippen LogP contribution in [0.15, 0.2) is 18.2 Å². The molecule has 1 aromatic carbocycles. The summed E-state index contributed by atoms with van der Waals surface area (Å²) in [4.78, 5) is 1.95. The molecule has 0 bridgehead atoms. The van der Waals surface area contributed by atoms with Crippen molar-refractivity contribution in [3.05, 3.63) is 23.2 Å². The number of nitrogens with zero attached hydrogens (tertiary/aromatic N) is 1. The van der Waals surface area contributed by atoms with Crippen molar-refractivity contribution in [2.24, 2.45) is 0 Å². The molecular weight excluding hydrogens is 206 g/mol. The van der Waals surface area contributed by atoms with Gasteiger partial charge in [-0.1, -0.05) is 11.6 Å². The number of hydrogen-bond acceptors (Lipinski definition) is 3. The largest absolute Gasteiger partial charge is 0.497 e. The summed E-state index contributed by atoms with van der Waals surface area (Å²) in [6.07, 6.45) is 0. The summed E-state index contributed by atoms with van der Waals surface area (Å²) >= 11 is 10.2. The molecule has 0 spiro atoms. The van der Waals surface area contributed by atoms with Crippen LogP contribution in [-0.4, -0.2) is 20.0 Å². The van der Waals surface area contributed by atoms with E-state index in [1.807, 2.05) is 24.1 Å². The number of benzene rings is 1. The fraction of sp³-hybridized carbons (Fsp3) is 0.333. The van der Waals surface area contributed by atoms with E-state index in [4.69, 9.17) is 16.3 Å². The first-order valence-electron chi connectivity index (χ1n) is 3.84. The molecule has 2 nitrogen and oxygen atoms in total. The SMILES string of the molecule is COc1ccc(N(C)CS)c(Cl)c1. The van der Waals surface area contributed by atoms with Crippen LogP contribution in [0.3, 0.4) is 0 Å². The van der Waals surface area contributed by atoms with E-state index in [1.165, 1.54) is 0 Å². The lowest BCUT2D eigenvalue weighted by atomic mass is 10.3. The monoisotopic (exact) mass is 217 g/mol. The minimum Gasteiger partial charge on any atom is -0.497 e. The Hall–Kier alpha value is -0.540. The van der Waals surface area contributed by atoms with Crippen LogP contribution < -0.4 is 9.64 Å². The zero-order valence-corrected chi connectivity index (χ0v) is 9.27. The number of rotatable bonds is 3. The maximum atomic E-state index is 6.03. The summed E-state index contributed by atoms with van der Waals surface area (Å²) < 4.78 is 5.04. The summed E-state index contributed by atoms with van der Waals surface area (Å²) in [5, 5.41) is 0.677. The Morgan fingerprint density at radius 3 is 2.69 bits per heavy atom. The molecule has 0 saturated heterocycles. The highest BCUT2D eigenvalue weighted by Crippen LogP contribution is 2.28. The molecule has 0 radical (unpaired) electrons. The van der Waals surface area contributed by atoms with Gasteiger partial charge in [-0.25, -0.2) is 0 Å². The van der Waals surface area contributed by atoms with E-state index in [0.29, 0.717) is 10.9 Å². The van der Waals surface area contributed by atoms with Gasteiger partial charge in [-0.15, -0.1) is 0 Å². The molecule has 0 aliphatic rings. The van der Waals surface area contributed by atoms with Gasteiger partial charge in [0.1, 0.15) is 5.75 Å². The van der Waals surface area contributed by atoms with Crippen LogP contribution in [0.25, 0.3) is 0 Å². The van der Waals surface area contributed by atoms with Crippen molar-refractivity contribution in [1.29, 1.82) is 0 Å². The summed E-state index contributed by atoms with van der Waals surface area (Å²) in [6, 6.07) is 5.58. The molecule has 0 unspecified atom stereocenters. The average Bonchev–Trinajstić information content (AvgIpc) is 2.16. The Balaban J connectivity index is 2.98. The zero-order valence-electron chi connectivity index (χ0n) is 7.62. The van der Waals surface area contributed by atoms with E-state index in [-0.39, 0.29) is 0 Å². The van der Waals surface area contributed by atoms with E-state index in [9.17, 15) is 0 Å². The van der Waals surface area contributed by atoms with Crippen LogP contribution >= 0.6 is 24.2 Å². The van der Waals surface area contributed by atoms with Gasteiger partial charge < -0.3 is 9.64 Å². The molecule has 0 saturated carbocycles. The molecule has 0 amide bonds. The van der Waals surface area contributed by atoms with Gasteiger partial charge in [0.25, 0.3) is 0 Å². The molecular formula is C9H12ClNOS. The molecule has 1 aromatic rings. The van der Waals surface area contributed by atoms with Crippen molar-refractivity contribution >= 4 is 29.9 Å². The van der Waals surface area contributed by atoms with Gasteiger partial charge in [-0.2, -0.15) is 12.6 Å². The van der Waals surface area contributed by atoms with Crippen molar-refractivity contribution < 1.29 is 4.74 Å². The molecule has 0 aromatic heterocycles. The average molecular weight is 218 g/mol. The standard InChI is InChI=1S/C9H12ClNOS/c1-11(6-13)9-4-3-7(12-2)5-8(9)10/h3-5,13H,6H2,1-2H3. The van der Waals surface area contributed by atoms with Crippen molar-refractivity contribution in [3.63, 3.8) is 0 Å². The van der Waals surface area contributed by atoms with Crippen LogP contribution in [0.1, 0.15) is 0 Å². The fourth-order valence-electron chi connectivity index (χ4n) is 1.00. The van der Waals surface area contributed by atoms with Crippen LogP contribution in [0.4, 0.5) is 5.69 Å². The number of halogens is 1. The number of methoxy groups -OCH3 is 1. The van der Waals surface area contributed by atoms with E-state index in [1.54, 1.807) is 13.2 Å². The lowest BCUT2D eigenvalue weighted by Crippen LogP contribution is -2.14. The predicted octanol–water partition coefficient (Wildman–Crippen LogP) is 2.67. The fourth-order valence-corrected chi connectivity index (χ4v) is 1.47. The summed E-state index contributed by atoms with van der Waals surface area (Å²) in [6.45, 7) is 0. The smallest absolute Gasteiger partial charge is 0.120 e. The topological polar surface area (TPSA) is 12.5 Å². The van der Waals surface area contributed by atoms with E-state index in [2.05, 4.69) is 12.6 Å². The van der Waals surface area contributed by atoms with E-state index in [0.717, 1.165) is 11.4 Å². The van der Waals surface area contributed by atoms with E-state index >= 15 is 0 Å². The third-order valence-electron chi connectivity index (χ3n) is 1.78. The van der Waals surface area contributed by atoms with Crippen LogP contribution in [0.2, 0.25) is 5.02 Å². The summed E-state index contributed by atoms with van der Waals surface area (Å²) in [7, 11) is 3.55. The highest BCUT2D eigenvalue weighted by atomic mass is 35.5. The molecule has 13 heavy (non-hydrogen) atoms. The number of ether oxygens (including phenoxy) is 1. The van der Waals surface area contributed by atoms with Gasteiger partial charge in [-0.3, -0.25) is 0 Å². The maximum Gasteiger partial charge on any atom is 0.120 e. The molecule has 0 aliphatic carbocycles. The zero-order chi connectivity index (χ0) is 9.84. The Morgan fingerprint density at radius 1 is 1.54 bits per heavy atom. The summed E-state index contributed by atoms with van der Waals surface area (Å²) in [5.41, 5.74) is 0.956. The third-order valence-corrected chi connectivity index (χ3v) is 2.51. The molecule has 0 atom stereocenters. The molecule has 72 valence electrons. The number of hydrogen-bond donors (Lipinski definition) is 1. The molecule has 4 heteroatoms. The van der Waals surface area contributed by atoms with Gasteiger partial charge in [0, 0.05) is 13.1 Å². The quantitative estimate of drug-likeness (QED) is 0.618. The minimum absolute atomic E-state index is 0.631. The number of anilines is 1. The molecule has 0 aliphatic heterocycles. The normalized spacial score (nSPS) is 9.85. The lowest BCUT2D eigenvalue weighted by molar-refractivity contribution is 0.415. The second-order valence-electron chi connectivity index (χ2n) is 2.66. The number of thiol groups is 1. The maximum absolute atomic E-state index is 6.03. The summed E-state index contributed by atoms with van der Waals surface area (Å²) in [5.74, 6) is 1.40. The van der Waals surface area contributed by atoms with Gasteiger partial charge in [0.05, 0.1) is 23.7 Å².